The predicted octanol–water partition coefficient (Wildman–Crippen LogP) is 5.53. The summed E-state index contributed by atoms with van der Waals surface area (Å²) in [5.74, 6) is -0.938. The molecule has 6 nitrogen and oxygen atoms in total. The number of pyridine rings is 1. The minimum Gasteiger partial charge on any atom is -0.406 e. The Hall–Kier alpha value is -3.33. The smallest absolute Gasteiger partial charge is 0.406 e. The van der Waals surface area contributed by atoms with E-state index in [1.807, 2.05) is 0 Å². The first-order valence-corrected chi connectivity index (χ1v) is 9.90. The van der Waals surface area contributed by atoms with Crippen LogP contribution in [0.3, 0.4) is 0 Å². The molecule has 32 heavy (non-hydrogen) atoms. The molecular weight excluding hydrogens is 447 g/mol. The summed E-state index contributed by atoms with van der Waals surface area (Å²) in [5, 5.41) is 1.32. The Balaban J connectivity index is 1.65. The first-order valence-electron chi connectivity index (χ1n) is 9.52. The first-order chi connectivity index (χ1) is 15.0. The van der Waals surface area contributed by atoms with E-state index in [2.05, 4.69) is 9.72 Å². The van der Waals surface area contributed by atoms with Crippen molar-refractivity contribution in [1.29, 1.82) is 0 Å². The maximum atomic E-state index is 13.2. The molecule has 1 aromatic heterocycles. The molecule has 2 heterocycles. The number of hydrogen-bond donors (Lipinski definition) is 0. The Morgan fingerprint density at radius 2 is 1.75 bits per heavy atom. The van der Waals surface area contributed by atoms with Gasteiger partial charge in [-0.15, -0.1) is 13.2 Å². The van der Waals surface area contributed by atoms with Crippen molar-refractivity contribution >= 4 is 40.1 Å². The summed E-state index contributed by atoms with van der Waals surface area (Å²) in [6, 6.07) is 11.0. The number of benzene rings is 2. The third-order valence-corrected chi connectivity index (χ3v) is 5.51. The molecule has 166 valence electrons. The van der Waals surface area contributed by atoms with E-state index in [0.29, 0.717) is 10.5 Å². The van der Waals surface area contributed by atoms with Gasteiger partial charge in [0.15, 0.2) is 0 Å². The quantitative estimate of drug-likeness (QED) is 0.477. The number of nitrogens with zero attached hydrogens (tertiary/aromatic N) is 3. The summed E-state index contributed by atoms with van der Waals surface area (Å²) < 4.78 is 41.1. The molecule has 2 aromatic carbocycles. The normalized spacial score (nSPS) is 16.2. The number of halogens is 4. The third-order valence-electron chi connectivity index (χ3n) is 5.28. The van der Waals surface area contributed by atoms with E-state index in [-0.39, 0.29) is 12.2 Å². The van der Waals surface area contributed by atoms with Gasteiger partial charge in [0.05, 0.1) is 11.2 Å². The molecule has 0 unspecified atom stereocenters. The standard InChI is InChI=1S/C22H17ClF3N3O3/c1-21(2)19(30)29(15-4-6-16(7-5-15)32-22(24,25)26)20(31)28(21)12-13-9-10-27-18-11-14(23)3-8-17(13)18/h3-11H,12H2,1-2H3. The van der Waals surface area contributed by atoms with Gasteiger partial charge in [-0.3, -0.25) is 9.78 Å². The maximum Gasteiger partial charge on any atom is 0.573 e. The van der Waals surface area contributed by atoms with Gasteiger partial charge >= 0.3 is 12.4 Å². The highest BCUT2D eigenvalue weighted by atomic mass is 35.5. The summed E-state index contributed by atoms with van der Waals surface area (Å²) >= 11 is 6.04. The van der Waals surface area contributed by atoms with Crippen molar-refractivity contribution in [2.75, 3.05) is 4.90 Å². The largest absolute Gasteiger partial charge is 0.573 e. The van der Waals surface area contributed by atoms with E-state index in [1.54, 1.807) is 44.3 Å². The lowest BCUT2D eigenvalue weighted by atomic mass is 10.0. The Kier molecular flexibility index (Phi) is 5.24. The lowest BCUT2D eigenvalue weighted by Gasteiger charge is -2.28. The molecule has 4 rings (SSSR count). The molecule has 1 aliphatic rings. The second kappa shape index (κ2) is 7.67. The number of amides is 3. The topological polar surface area (TPSA) is 62.7 Å². The highest BCUT2D eigenvalue weighted by Gasteiger charge is 2.51. The van der Waals surface area contributed by atoms with Crippen LogP contribution in [-0.2, 0) is 11.3 Å². The van der Waals surface area contributed by atoms with Crippen LogP contribution in [0.5, 0.6) is 5.75 Å². The van der Waals surface area contributed by atoms with Crippen LogP contribution in [0.2, 0.25) is 5.02 Å². The van der Waals surface area contributed by atoms with Crippen LogP contribution in [-0.4, -0.2) is 33.7 Å². The van der Waals surface area contributed by atoms with Gasteiger partial charge in [0, 0.05) is 23.2 Å². The Labute approximate surface area is 186 Å². The van der Waals surface area contributed by atoms with Crippen molar-refractivity contribution in [2.24, 2.45) is 0 Å². The number of aromatic nitrogens is 1. The number of carbonyl (C=O) groups is 2. The molecule has 10 heteroatoms. The van der Waals surface area contributed by atoms with Crippen LogP contribution < -0.4 is 9.64 Å². The molecule has 0 atom stereocenters. The van der Waals surface area contributed by atoms with Gasteiger partial charge < -0.3 is 9.64 Å². The summed E-state index contributed by atoms with van der Waals surface area (Å²) in [6.45, 7) is 3.37. The number of anilines is 1. The lowest BCUT2D eigenvalue weighted by Crippen LogP contribution is -2.43. The zero-order chi connectivity index (χ0) is 23.3. The highest BCUT2D eigenvalue weighted by Crippen LogP contribution is 2.35. The Morgan fingerprint density at radius 3 is 2.41 bits per heavy atom. The molecular formula is C22H17ClF3N3O3. The second-order valence-electron chi connectivity index (χ2n) is 7.74. The van der Waals surface area contributed by atoms with Gasteiger partial charge in [0.1, 0.15) is 11.3 Å². The highest BCUT2D eigenvalue weighted by molar-refractivity contribution is 6.31. The van der Waals surface area contributed by atoms with Crippen LogP contribution >= 0.6 is 11.6 Å². The molecule has 0 bridgehead atoms. The van der Waals surface area contributed by atoms with Crippen molar-refractivity contribution in [1.82, 2.24) is 9.88 Å². The summed E-state index contributed by atoms with van der Waals surface area (Å²) in [5.41, 5.74) is 0.399. The fourth-order valence-corrected chi connectivity index (χ4v) is 3.78. The number of fused-ring (bicyclic) bond motifs is 1. The van der Waals surface area contributed by atoms with E-state index in [9.17, 15) is 22.8 Å². The summed E-state index contributed by atoms with van der Waals surface area (Å²) in [7, 11) is 0. The van der Waals surface area contributed by atoms with Crippen LogP contribution in [0.15, 0.2) is 54.7 Å². The fourth-order valence-electron chi connectivity index (χ4n) is 3.61. The molecule has 3 aromatic rings. The molecule has 0 saturated carbocycles. The minimum absolute atomic E-state index is 0.129. The summed E-state index contributed by atoms with van der Waals surface area (Å²) in [4.78, 5) is 33.0. The third kappa shape index (κ3) is 3.95. The van der Waals surface area contributed by atoms with Gasteiger partial charge in [-0.1, -0.05) is 17.7 Å². The Morgan fingerprint density at radius 1 is 1.06 bits per heavy atom. The molecule has 0 radical (unpaired) electrons. The number of hydrogen-bond acceptors (Lipinski definition) is 4. The van der Waals surface area contributed by atoms with Crippen LogP contribution in [0.25, 0.3) is 10.9 Å². The van der Waals surface area contributed by atoms with E-state index in [4.69, 9.17) is 11.6 Å². The molecule has 1 fully saturated rings. The zero-order valence-electron chi connectivity index (χ0n) is 17.0. The number of imide groups is 1. The molecule has 0 N–H and O–H groups in total. The summed E-state index contributed by atoms with van der Waals surface area (Å²) in [6.07, 6.45) is -3.24. The average molecular weight is 464 g/mol. The van der Waals surface area contributed by atoms with Crippen molar-refractivity contribution in [2.45, 2.75) is 32.3 Å². The van der Waals surface area contributed by atoms with Gasteiger partial charge in [-0.2, -0.15) is 0 Å². The maximum absolute atomic E-state index is 13.2. The molecule has 1 saturated heterocycles. The van der Waals surface area contributed by atoms with Gasteiger partial charge in [0.2, 0.25) is 0 Å². The number of carbonyl (C=O) groups excluding carboxylic acids is 2. The van der Waals surface area contributed by atoms with Crippen LogP contribution in [0.1, 0.15) is 19.4 Å². The second-order valence-corrected chi connectivity index (χ2v) is 8.18. The molecule has 1 aliphatic heterocycles. The molecule has 0 spiro atoms. The van der Waals surface area contributed by atoms with Gasteiger partial charge in [-0.05, 0) is 61.9 Å². The SMILES string of the molecule is CC1(C)C(=O)N(c2ccc(OC(F)(F)F)cc2)C(=O)N1Cc1ccnc2cc(Cl)ccc12. The van der Waals surface area contributed by atoms with Crippen LogP contribution in [0.4, 0.5) is 23.7 Å². The van der Waals surface area contributed by atoms with E-state index in [0.717, 1.165) is 28.0 Å². The van der Waals surface area contributed by atoms with E-state index in [1.165, 1.54) is 17.0 Å². The van der Waals surface area contributed by atoms with Crippen molar-refractivity contribution < 1.29 is 27.5 Å². The van der Waals surface area contributed by atoms with Crippen molar-refractivity contribution in [3.05, 3.63) is 65.3 Å². The average Bonchev–Trinajstić information content (AvgIpc) is 2.87. The number of ether oxygens (including phenoxy) is 1. The van der Waals surface area contributed by atoms with Crippen molar-refractivity contribution in [3.63, 3.8) is 0 Å². The van der Waals surface area contributed by atoms with E-state index < -0.39 is 29.6 Å². The first kappa shape index (κ1) is 21.9. The minimum atomic E-state index is -4.84. The van der Waals surface area contributed by atoms with Gasteiger partial charge in [-0.25, -0.2) is 9.69 Å². The monoisotopic (exact) mass is 463 g/mol. The Bertz CT molecular complexity index is 1210. The number of rotatable bonds is 4. The van der Waals surface area contributed by atoms with Gasteiger partial charge in [0.25, 0.3) is 5.91 Å². The lowest BCUT2D eigenvalue weighted by molar-refractivity contribution is -0.274. The predicted molar refractivity (Wildman–Crippen MR) is 112 cm³/mol. The molecule has 3 amide bonds. The van der Waals surface area contributed by atoms with Crippen molar-refractivity contribution in [3.8, 4) is 5.75 Å². The van der Waals surface area contributed by atoms with E-state index >= 15 is 0 Å². The molecule has 0 aliphatic carbocycles. The number of urea groups is 1. The van der Waals surface area contributed by atoms with Crippen LogP contribution in [0, 0.1) is 0 Å². The fraction of sp³-hybridized carbons (Fsp3) is 0.227. The zero-order valence-corrected chi connectivity index (χ0v) is 17.7. The number of alkyl halides is 3.